The summed E-state index contributed by atoms with van der Waals surface area (Å²) in [5.41, 5.74) is 1.64. The molecule has 1 aromatic heterocycles. The zero-order valence-electron chi connectivity index (χ0n) is 11.3. The molecule has 0 unspecified atom stereocenters. The fourth-order valence-electron chi connectivity index (χ4n) is 2.02. The van der Waals surface area contributed by atoms with E-state index in [1.54, 1.807) is 6.92 Å². The predicted octanol–water partition coefficient (Wildman–Crippen LogP) is 2.40. The van der Waals surface area contributed by atoms with Crippen molar-refractivity contribution in [3.63, 3.8) is 0 Å². The standard InChI is InChI=1S/C15H13NO5/c1-9-4-11(15(17)18)6-14(16-9)19-7-10-2-3-12-13(5-10)21-8-20-12/h2-6H,7-8H2,1H3,(H,17,18). The Hall–Kier alpha value is -2.76. The average Bonchev–Trinajstić information content (AvgIpc) is 2.92. The van der Waals surface area contributed by atoms with Crippen molar-refractivity contribution in [1.82, 2.24) is 4.98 Å². The van der Waals surface area contributed by atoms with Gasteiger partial charge >= 0.3 is 5.97 Å². The van der Waals surface area contributed by atoms with Crippen molar-refractivity contribution in [2.45, 2.75) is 13.5 Å². The molecule has 0 saturated carbocycles. The number of fused-ring (bicyclic) bond motifs is 1. The van der Waals surface area contributed by atoms with Gasteiger partial charge in [-0.05, 0) is 30.7 Å². The average molecular weight is 287 g/mol. The Bertz CT molecular complexity index is 698. The third-order valence-electron chi connectivity index (χ3n) is 3.00. The summed E-state index contributed by atoms with van der Waals surface area (Å²) >= 11 is 0. The van der Waals surface area contributed by atoms with Crippen LogP contribution >= 0.6 is 0 Å². The smallest absolute Gasteiger partial charge is 0.335 e. The number of aryl methyl sites for hydroxylation is 1. The number of hydrogen-bond acceptors (Lipinski definition) is 5. The van der Waals surface area contributed by atoms with Gasteiger partial charge in [0.2, 0.25) is 12.7 Å². The molecule has 1 aromatic carbocycles. The number of carboxylic acid groups (broad SMARTS) is 1. The van der Waals surface area contributed by atoms with Crippen LogP contribution in [0, 0.1) is 6.92 Å². The summed E-state index contributed by atoms with van der Waals surface area (Å²) in [5, 5.41) is 9.01. The molecule has 3 rings (SSSR count). The van der Waals surface area contributed by atoms with E-state index in [9.17, 15) is 4.79 Å². The number of aromatic nitrogens is 1. The number of ether oxygens (including phenoxy) is 3. The van der Waals surface area contributed by atoms with Crippen molar-refractivity contribution < 1.29 is 24.1 Å². The van der Waals surface area contributed by atoms with Gasteiger partial charge in [0, 0.05) is 11.8 Å². The molecule has 0 amide bonds. The van der Waals surface area contributed by atoms with Gasteiger partial charge in [-0.2, -0.15) is 0 Å². The quantitative estimate of drug-likeness (QED) is 0.930. The van der Waals surface area contributed by atoms with Gasteiger partial charge in [-0.3, -0.25) is 0 Å². The van der Waals surface area contributed by atoms with E-state index in [1.165, 1.54) is 12.1 Å². The van der Waals surface area contributed by atoms with E-state index in [1.807, 2.05) is 18.2 Å². The van der Waals surface area contributed by atoms with Crippen molar-refractivity contribution in [2.75, 3.05) is 6.79 Å². The Morgan fingerprint density at radius 1 is 1.29 bits per heavy atom. The summed E-state index contributed by atoms with van der Waals surface area (Å²) in [5.74, 6) is 0.665. The van der Waals surface area contributed by atoms with Crippen LogP contribution in [0.15, 0.2) is 30.3 Å². The first-order chi connectivity index (χ1) is 10.1. The van der Waals surface area contributed by atoms with Gasteiger partial charge in [0.25, 0.3) is 0 Å². The minimum Gasteiger partial charge on any atom is -0.478 e. The maximum absolute atomic E-state index is 11.0. The monoisotopic (exact) mass is 287 g/mol. The van der Waals surface area contributed by atoms with Gasteiger partial charge in [-0.25, -0.2) is 9.78 Å². The van der Waals surface area contributed by atoms with Crippen LogP contribution in [0.4, 0.5) is 0 Å². The summed E-state index contributed by atoms with van der Waals surface area (Å²) in [6, 6.07) is 8.41. The van der Waals surface area contributed by atoms with Gasteiger partial charge in [-0.15, -0.1) is 0 Å². The van der Waals surface area contributed by atoms with Gasteiger partial charge in [-0.1, -0.05) is 6.07 Å². The predicted molar refractivity (Wildman–Crippen MR) is 72.8 cm³/mol. The van der Waals surface area contributed by atoms with Crippen LogP contribution < -0.4 is 14.2 Å². The molecule has 6 nitrogen and oxygen atoms in total. The topological polar surface area (TPSA) is 77.9 Å². The molecule has 0 bridgehead atoms. The van der Waals surface area contributed by atoms with Gasteiger partial charge in [0.05, 0.1) is 5.56 Å². The largest absolute Gasteiger partial charge is 0.478 e. The zero-order chi connectivity index (χ0) is 14.8. The van der Waals surface area contributed by atoms with Gasteiger partial charge in [0.15, 0.2) is 11.5 Å². The van der Waals surface area contributed by atoms with Crippen molar-refractivity contribution in [3.05, 3.63) is 47.2 Å². The molecule has 1 aliphatic heterocycles. The molecule has 0 saturated heterocycles. The van der Waals surface area contributed by atoms with Crippen molar-refractivity contribution in [3.8, 4) is 17.4 Å². The van der Waals surface area contributed by atoms with E-state index in [4.69, 9.17) is 19.3 Å². The van der Waals surface area contributed by atoms with E-state index in [2.05, 4.69) is 4.98 Å². The number of rotatable bonds is 4. The first-order valence-corrected chi connectivity index (χ1v) is 6.35. The van der Waals surface area contributed by atoms with E-state index < -0.39 is 5.97 Å². The Labute approximate surface area is 120 Å². The number of carbonyl (C=O) groups is 1. The summed E-state index contributed by atoms with van der Waals surface area (Å²) in [6.07, 6.45) is 0. The second kappa shape index (κ2) is 5.32. The van der Waals surface area contributed by atoms with Crippen LogP contribution in [0.2, 0.25) is 0 Å². The lowest BCUT2D eigenvalue weighted by Crippen LogP contribution is -2.02. The SMILES string of the molecule is Cc1cc(C(=O)O)cc(OCc2ccc3c(c2)OCO3)n1. The fraction of sp³-hybridized carbons (Fsp3) is 0.200. The highest BCUT2D eigenvalue weighted by Gasteiger charge is 2.13. The second-order valence-corrected chi connectivity index (χ2v) is 4.62. The van der Waals surface area contributed by atoms with Gasteiger partial charge in [0.1, 0.15) is 6.61 Å². The molecular formula is C15H13NO5. The third kappa shape index (κ3) is 2.89. The molecule has 2 heterocycles. The summed E-state index contributed by atoms with van der Waals surface area (Å²) in [6.45, 7) is 2.22. The molecule has 1 aliphatic rings. The van der Waals surface area contributed by atoms with Crippen LogP contribution in [0.25, 0.3) is 0 Å². The van der Waals surface area contributed by atoms with E-state index in [0.29, 0.717) is 17.2 Å². The Kier molecular flexibility index (Phi) is 3.35. The Morgan fingerprint density at radius 2 is 2.10 bits per heavy atom. The lowest BCUT2D eigenvalue weighted by atomic mass is 10.2. The highest BCUT2D eigenvalue weighted by atomic mass is 16.7. The highest BCUT2D eigenvalue weighted by Crippen LogP contribution is 2.32. The first kappa shape index (κ1) is 13.2. The van der Waals surface area contributed by atoms with Crippen LogP contribution in [0.5, 0.6) is 17.4 Å². The lowest BCUT2D eigenvalue weighted by molar-refractivity contribution is 0.0696. The summed E-state index contributed by atoms with van der Waals surface area (Å²) < 4.78 is 16.1. The molecule has 6 heteroatoms. The van der Waals surface area contributed by atoms with Crippen LogP contribution in [-0.2, 0) is 6.61 Å². The van der Waals surface area contributed by atoms with E-state index in [-0.39, 0.29) is 24.8 Å². The highest BCUT2D eigenvalue weighted by molar-refractivity contribution is 5.88. The number of carboxylic acids is 1. The van der Waals surface area contributed by atoms with Crippen molar-refractivity contribution in [2.24, 2.45) is 0 Å². The Balaban J connectivity index is 1.74. The molecule has 0 radical (unpaired) electrons. The summed E-state index contributed by atoms with van der Waals surface area (Å²) in [4.78, 5) is 15.2. The minimum atomic E-state index is -1.01. The maximum Gasteiger partial charge on any atom is 0.335 e. The molecule has 0 aliphatic carbocycles. The second-order valence-electron chi connectivity index (χ2n) is 4.62. The normalized spacial score (nSPS) is 12.2. The number of aromatic carboxylic acids is 1. The van der Waals surface area contributed by atoms with Crippen molar-refractivity contribution in [1.29, 1.82) is 0 Å². The molecule has 2 aromatic rings. The molecule has 0 fully saturated rings. The molecule has 0 spiro atoms. The summed E-state index contributed by atoms with van der Waals surface area (Å²) in [7, 11) is 0. The van der Waals surface area contributed by atoms with Crippen LogP contribution in [-0.4, -0.2) is 22.9 Å². The number of nitrogens with zero attached hydrogens (tertiary/aromatic N) is 1. The van der Waals surface area contributed by atoms with Crippen LogP contribution in [0.3, 0.4) is 0 Å². The number of pyridine rings is 1. The third-order valence-corrected chi connectivity index (χ3v) is 3.00. The lowest BCUT2D eigenvalue weighted by Gasteiger charge is -2.08. The molecule has 108 valence electrons. The number of hydrogen-bond donors (Lipinski definition) is 1. The van der Waals surface area contributed by atoms with E-state index >= 15 is 0 Å². The van der Waals surface area contributed by atoms with E-state index in [0.717, 1.165) is 5.56 Å². The first-order valence-electron chi connectivity index (χ1n) is 6.35. The zero-order valence-corrected chi connectivity index (χ0v) is 11.3. The fourth-order valence-corrected chi connectivity index (χ4v) is 2.02. The van der Waals surface area contributed by atoms with Crippen LogP contribution in [0.1, 0.15) is 21.6 Å². The van der Waals surface area contributed by atoms with Gasteiger partial charge < -0.3 is 19.3 Å². The van der Waals surface area contributed by atoms with Crippen molar-refractivity contribution >= 4 is 5.97 Å². The molecule has 1 N–H and O–H groups in total. The molecule has 0 atom stereocenters. The molecule has 21 heavy (non-hydrogen) atoms. The minimum absolute atomic E-state index is 0.156. The molecular weight excluding hydrogens is 274 g/mol. The maximum atomic E-state index is 11.0. The number of benzene rings is 1. The Morgan fingerprint density at radius 3 is 2.90 bits per heavy atom.